The minimum atomic E-state index is -4.48. The lowest BCUT2D eigenvalue weighted by Gasteiger charge is -2.22. The van der Waals surface area contributed by atoms with Crippen molar-refractivity contribution in [3.63, 3.8) is 0 Å². The third kappa shape index (κ3) is 3.58. The fraction of sp³-hybridized carbons (Fsp3) is 0.474. The minimum absolute atomic E-state index is 0.0471. The highest BCUT2D eigenvalue weighted by Gasteiger charge is 2.36. The van der Waals surface area contributed by atoms with Gasteiger partial charge in [-0.2, -0.15) is 18.3 Å². The van der Waals surface area contributed by atoms with Crippen LogP contribution < -0.4 is 0 Å². The Labute approximate surface area is 160 Å². The monoisotopic (exact) mass is 390 g/mol. The predicted octanol–water partition coefficient (Wildman–Crippen LogP) is 3.75. The maximum Gasteiger partial charge on any atom is 0.433 e. The molecule has 0 saturated carbocycles. The Hall–Kier alpha value is -2.55. The number of halogens is 3. The summed E-state index contributed by atoms with van der Waals surface area (Å²) in [6.45, 7) is 5.11. The Kier molecular flexibility index (Phi) is 4.78. The molecule has 0 aromatic carbocycles. The molecule has 4 heterocycles. The summed E-state index contributed by atoms with van der Waals surface area (Å²) in [5.74, 6) is 0.708. The Morgan fingerprint density at radius 3 is 2.61 bits per heavy atom. The number of hydrogen-bond acceptors (Lipinski definition) is 5. The van der Waals surface area contributed by atoms with E-state index in [2.05, 4.69) is 25.0 Å². The first kappa shape index (κ1) is 18.8. The molecule has 0 radical (unpaired) electrons. The maximum absolute atomic E-state index is 13.5. The van der Waals surface area contributed by atoms with Crippen LogP contribution >= 0.6 is 0 Å². The van der Waals surface area contributed by atoms with E-state index in [1.165, 1.54) is 0 Å². The van der Waals surface area contributed by atoms with E-state index in [9.17, 15) is 13.2 Å². The molecule has 4 rings (SSSR count). The first-order valence-electron chi connectivity index (χ1n) is 9.33. The van der Waals surface area contributed by atoms with Crippen LogP contribution in [0.1, 0.15) is 54.3 Å². The molecular formula is C19H21F3N6. The van der Waals surface area contributed by atoms with Crippen LogP contribution in [0.25, 0.3) is 5.65 Å². The van der Waals surface area contributed by atoms with E-state index in [0.29, 0.717) is 30.2 Å². The number of aryl methyl sites for hydroxylation is 2. The summed E-state index contributed by atoms with van der Waals surface area (Å²) in [6.07, 6.45) is 1.34. The van der Waals surface area contributed by atoms with Crippen molar-refractivity contribution in [2.45, 2.75) is 51.9 Å². The summed E-state index contributed by atoms with van der Waals surface area (Å²) in [5.41, 5.74) is 1.47. The van der Waals surface area contributed by atoms with Gasteiger partial charge in [0.15, 0.2) is 5.65 Å². The van der Waals surface area contributed by atoms with Crippen LogP contribution in [0.2, 0.25) is 0 Å². The molecule has 3 aromatic heterocycles. The van der Waals surface area contributed by atoms with Crippen LogP contribution in [0.3, 0.4) is 0 Å². The molecule has 1 fully saturated rings. The summed E-state index contributed by atoms with van der Waals surface area (Å²) in [6, 6.07) is 2.72. The van der Waals surface area contributed by atoms with Gasteiger partial charge in [-0.1, -0.05) is 6.92 Å². The van der Waals surface area contributed by atoms with Crippen molar-refractivity contribution in [2.75, 3.05) is 6.54 Å². The number of hydrogen-bond donors (Lipinski definition) is 0. The third-order valence-corrected chi connectivity index (χ3v) is 5.08. The maximum atomic E-state index is 13.5. The lowest BCUT2D eigenvalue weighted by atomic mass is 10.1. The second-order valence-corrected chi connectivity index (χ2v) is 7.09. The number of rotatable bonds is 4. The first-order chi connectivity index (χ1) is 13.3. The van der Waals surface area contributed by atoms with E-state index in [0.717, 1.165) is 35.5 Å². The summed E-state index contributed by atoms with van der Waals surface area (Å²) < 4.78 is 41.4. The van der Waals surface area contributed by atoms with Gasteiger partial charge in [0.1, 0.15) is 11.5 Å². The van der Waals surface area contributed by atoms with Gasteiger partial charge in [-0.05, 0) is 38.8 Å². The zero-order chi connectivity index (χ0) is 19.9. The molecule has 1 atom stereocenters. The summed E-state index contributed by atoms with van der Waals surface area (Å²) in [5, 5.41) is 4.30. The van der Waals surface area contributed by atoms with Gasteiger partial charge in [0, 0.05) is 36.3 Å². The molecule has 6 nitrogen and oxygen atoms in total. The van der Waals surface area contributed by atoms with Gasteiger partial charge < -0.3 is 0 Å². The van der Waals surface area contributed by atoms with Gasteiger partial charge in [0.2, 0.25) is 0 Å². The van der Waals surface area contributed by atoms with Gasteiger partial charge in [0.05, 0.1) is 11.7 Å². The van der Waals surface area contributed by atoms with Crippen LogP contribution in [0.4, 0.5) is 13.2 Å². The highest BCUT2D eigenvalue weighted by molar-refractivity contribution is 5.43. The quantitative estimate of drug-likeness (QED) is 0.679. The Bertz CT molecular complexity index is 980. The third-order valence-electron chi connectivity index (χ3n) is 5.08. The number of fused-ring (bicyclic) bond motifs is 1. The summed E-state index contributed by atoms with van der Waals surface area (Å²) in [7, 11) is 0. The normalized spacial score (nSPS) is 18.2. The van der Waals surface area contributed by atoms with Crippen molar-refractivity contribution in [2.24, 2.45) is 0 Å². The van der Waals surface area contributed by atoms with Crippen LogP contribution in [0.5, 0.6) is 0 Å². The van der Waals surface area contributed by atoms with Crippen LogP contribution in [0, 0.1) is 6.92 Å². The molecule has 3 aromatic rings. The van der Waals surface area contributed by atoms with Gasteiger partial charge in [-0.15, -0.1) is 0 Å². The van der Waals surface area contributed by atoms with Crippen molar-refractivity contribution >= 4 is 5.65 Å². The van der Waals surface area contributed by atoms with Crippen LogP contribution in [-0.2, 0) is 19.1 Å². The fourth-order valence-electron chi connectivity index (χ4n) is 3.68. The Balaban J connectivity index is 1.68. The van der Waals surface area contributed by atoms with Crippen molar-refractivity contribution in [3.05, 3.63) is 53.0 Å². The standard InChI is InChI=1S/C19H21F3N6/c1-3-14-7-17(19(20,21)22)28-18(25-14)8-15(26-28)16-5-4-6-27(16)11-13-9-23-12(2)24-10-13/h7-10,16H,3-6,11H2,1-2H3/t16-/m1/s1. The molecule has 0 N–H and O–H groups in total. The zero-order valence-electron chi connectivity index (χ0n) is 15.7. The molecule has 1 aliphatic heterocycles. The second-order valence-electron chi connectivity index (χ2n) is 7.09. The van der Waals surface area contributed by atoms with E-state index < -0.39 is 11.9 Å². The molecule has 28 heavy (non-hydrogen) atoms. The highest BCUT2D eigenvalue weighted by Crippen LogP contribution is 2.35. The smallest absolute Gasteiger partial charge is 0.290 e. The number of nitrogens with zero attached hydrogens (tertiary/aromatic N) is 6. The van der Waals surface area contributed by atoms with Crippen molar-refractivity contribution in [3.8, 4) is 0 Å². The zero-order valence-corrected chi connectivity index (χ0v) is 15.7. The van der Waals surface area contributed by atoms with E-state index in [4.69, 9.17) is 0 Å². The largest absolute Gasteiger partial charge is 0.433 e. The van der Waals surface area contributed by atoms with Crippen LogP contribution in [-0.4, -0.2) is 36.0 Å². The van der Waals surface area contributed by atoms with E-state index >= 15 is 0 Å². The number of alkyl halides is 3. The fourth-order valence-corrected chi connectivity index (χ4v) is 3.68. The van der Waals surface area contributed by atoms with Gasteiger partial charge in [0.25, 0.3) is 0 Å². The van der Waals surface area contributed by atoms with Crippen molar-refractivity contribution in [1.29, 1.82) is 0 Å². The molecular weight excluding hydrogens is 369 g/mol. The average Bonchev–Trinajstić information content (AvgIpc) is 3.28. The van der Waals surface area contributed by atoms with Gasteiger partial charge in [-0.25, -0.2) is 19.5 Å². The average molecular weight is 390 g/mol. The second kappa shape index (κ2) is 7.12. The molecule has 0 aliphatic carbocycles. The molecule has 0 unspecified atom stereocenters. The Morgan fingerprint density at radius 1 is 1.18 bits per heavy atom. The lowest BCUT2D eigenvalue weighted by molar-refractivity contribution is -0.142. The highest BCUT2D eigenvalue weighted by atomic mass is 19.4. The number of aromatic nitrogens is 5. The van der Waals surface area contributed by atoms with E-state index in [1.54, 1.807) is 25.4 Å². The van der Waals surface area contributed by atoms with Crippen LogP contribution in [0.15, 0.2) is 24.5 Å². The van der Waals surface area contributed by atoms with Crippen molar-refractivity contribution < 1.29 is 13.2 Å². The van der Waals surface area contributed by atoms with Gasteiger partial charge in [-0.3, -0.25) is 4.90 Å². The van der Waals surface area contributed by atoms with E-state index in [1.807, 2.05) is 6.92 Å². The molecule has 0 bridgehead atoms. The molecule has 0 spiro atoms. The van der Waals surface area contributed by atoms with Gasteiger partial charge >= 0.3 is 6.18 Å². The molecule has 1 saturated heterocycles. The minimum Gasteiger partial charge on any atom is -0.290 e. The predicted molar refractivity (Wildman–Crippen MR) is 96.5 cm³/mol. The van der Waals surface area contributed by atoms with Crippen molar-refractivity contribution in [1.82, 2.24) is 29.5 Å². The SMILES string of the molecule is CCc1cc(C(F)(F)F)n2nc([C@H]3CCCN3Cc3cnc(C)nc3)cc2n1. The topological polar surface area (TPSA) is 59.2 Å². The first-order valence-corrected chi connectivity index (χ1v) is 9.33. The number of likely N-dealkylation sites (tertiary alicyclic amines) is 1. The summed E-state index contributed by atoms with van der Waals surface area (Å²) >= 11 is 0. The van der Waals surface area contributed by atoms with E-state index in [-0.39, 0.29) is 11.7 Å². The lowest BCUT2D eigenvalue weighted by Crippen LogP contribution is -2.23. The molecule has 0 amide bonds. The molecule has 9 heteroatoms. The Morgan fingerprint density at radius 2 is 1.93 bits per heavy atom. The molecule has 1 aliphatic rings. The molecule has 148 valence electrons. The summed E-state index contributed by atoms with van der Waals surface area (Å²) in [4.78, 5) is 15.0.